The number of halogens is 1. The van der Waals surface area contributed by atoms with E-state index < -0.39 is 0 Å². The van der Waals surface area contributed by atoms with Gasteiger partial charge >= 0.3 is 6.03 Å². The first-order valence-electron chi connectivity index (χ1n) is 10.5. The van der Waals surface area contributed by atoms with Crippen molar-refractivity contribution in [1.29, 1.82) is 0 Å². The number of nitrogens with one attached hydrogen (secondary N) is 1. The fourth-order valence-electron chi connectivity index (χ4n) is 5.96. The second-order valence-corrected chi connectivity index (χ2v) is 9.08. The number of carbonyl (C=O) groups is 1. The van der Waals surface area contributed by atoms with Gasteiger partial charge in [-0.05, 0) is 68.7 Å². The van der Waals surface area contributed by atoms with Gasteiger partial charge in [0.1, 0.15) is 0 Å². The van der Waals surface area contributed by atoms with Crippen molar-refractivity contribution in [2.24, 2.45) is 11.8 Å². The predicted octanol–water partition coefficient (Wildman–Crippen LogP) is 4.77. The topological polar surface area (TPSA) is 35.6 Å². The summed E-state index contributed by atoms with van der Waals surface area (Å²) in [6.45, 7) is 3.24. The van der Waals surface area contributed by atoms with Crippen LogP contribution in [0.15, 0.2) is 35.9 Å². The van der Waals surface area contributed by atoms with Crippen molar-refractivity contribution in [2.75, 3.05) is 25.0 Å². The predicted molar refractivity (Wildman–Crippen MR) is 109 cm³/mol. The summed E-state index contributed by atoms with van der Waals surface area (Å²) in [7, 11) is 0. The molecule has 1 aliphatic carbocycles. The quantitative estimate of drug-likeness (QED) is 0.707. The molecule has 3 saturated heterocycles. The zero-order valence-corrected chi connectivity index (χ0v) is 16.5. The third-order valence-electron chi connectivity index (χ3n) is 6.99. The lowest BCUT2D eigenvalue weighted by atomic mass is 9.68. The van der Waals surface area contributed by atoms with Crippen LogP contribution in [0.1, 0.15) is 38.5 Å². The summed E-state index contributed by atoms with van der Waals surface area (Å²) in [5.74, 6) is 1.28. The zero-order chi connectivity index (χ0) is 18.4. The molecule has 5 rings (SSSR count). The number of hydrogen-bond acceptors (Lipinski definition) is 2. The molecule has 0 aromatic heterocycles. The van der Waals surface area contributed by atoms with E-state index in [1.54, 1.807) is 0 Å². The molecule has 4 atom stereocenters. The number of amides is 2. The number of anilines is 1. The van der Waals surface area contributed by atoms with Gasteiger partial charge in [0.25, 0.3) is 0 Å². The number of urea groups is 1. The van der Waals surface area contributed by atoms with Crippen LogP contribution in [0.3, 0.4) is 0 Å². The first kappa shape index (κ1) is 17.6. The summed E-state index contributed by atoms with van der Waals surface area (Å²) in [6.07, 6.45) is 10.1. The normalized spacial score (nSPS) is 32.9. The molecule has 144 valence electrons. The number of fused-ring (bicyclic) bond motifs is 6. The molecule has 1 aromatic carbocycles. The van der Waals surface area contributed by atoms with Crippen molar-refractivity contribution < 1.29 is 4.79 Å². The molecule has 5 heteroatoms. The number of rotatable bonds is 1. The highest BCUT2D eigenvalue weighted by Crippen LogP contribution is 2.45. The van der Waals surface area contributed by atoms with E-state index in [0.29, 0.717) is 16.9 Å². The van der Waals surface area contributed by atoms with E-state index in [9.17, 15) is 4.79 Å². The molecule has 0 unspecified atom stereocenters. The highest BCUT2D eigenvalue weighted by Gasteiger charge is 2.46. The summed E-state index contributed by atoms with van der Waals surface area (Å²) < 4.78 is 0. The van der Waals surface area contributed by atoms with E-state index in [1.807, 2.05) is 24.3 Å². The van der Waals surface area contributed by atoms with Gasteiger partial charge in [-0.2, -0.15) is 0 Å². The molecule has 0 spiro atoms. The molecule has 4 nitrogen and oxygen atoms in total. The summed E-state index contributed by atoms with van der Waals surface area (Å²) in [6, 6.07) is 8.47. The van der Waals surface area contributed by atoms with E-state index >= 15 is 0 Å². The zero-order valence-electron chi connectivity index (χ0n) is 15.7. The highest BCUT2D eigenvalue weighted by molar-refractivity contribution is 6.30. The van der Waals surface area contributed by atoms with Gasteiger partial charge in [0.2, 0.25) is 0 Å². The van der Waals surface area contributed by atoms with Gasteiger partial charge in [-0.1, -0.05) is 35.7 Å². The number of benzene rings is 1. The molecule has 0 radical (unpaired) electrons. The highest BCUT2D eigenvalue weighted by atomic mass is 35.5. The number of nitrogens with zero attached hydrogens (tertiary/aromatic N) is 2. The van der Waals surface area contributed by atoms with Crippen molar-refractivity contribution in [1.82, 2.24) is 9.80 Å². The number of hydrogen-bond donors (Lipinski definition) is 1. The van der Waals surface area contributed by atoms with E-state index in [2.05, 4.69) is 21.2 Å². The van der Waals surface area contributed by atoms with Gasteiger partial charge in [0.05, 0.1) is 6.04 Å². The standard InChI is InChI=1S/C22H28ClN3O/c23-18-6-3-7-19(13-18)24-22(27)26-10-4-5-15-11-16-12-17(21(15)26)14-25-9-2-1-8-20(16)25/h3,6-7,11,13,16-17,20-21H,1-2,4-5,8-10,12,14H2,(H,24,27)/t16-,17+,20+,21+/m0/s1. The fraction of sp³-hybridized carbons (Fsp3) is 0.591. The van der Waals surface area contributed by atoms with E-state index in [-0.39, 0.29) is 12.1 Å². The molecule has 3 heterocycles. The Morgan fingerprint density at radius 2 is 2.11 bits per heavy atom. The van der Waals surface area contributed by atoms with Crippen LogP contribution >= 0.6 is 11.6 Å². The van der Waals surface area contributed by atoms with Crippen LogP contribution in [0.25, 0.3) is 0 Å². The number of likely N-dealkylation sites (tertiary alicyclic amines) is 1. The summed E-state index contributed by atoms with van der Waals surface area (Å²) in [5.41, 5.74) is 2.30. The van der Waals surface area contributed by atoms with Gasteiger partial charge in [0, 0.05) is 29.8 Å². The smallest absolute Gasteiger partial charge is 0.317 e. The van der Waals surface area contributed by atoms with Crippen molar-refractivity contribution in [3.8, 4) is 0 Å². The van der Waals surface area contributed by atoms with Gasteiger partial charge in [-0.15, -0.1) is 0 Å². The van der Waals surface area contributed by atoms with Gasteiger partial charge in [-0.25, -0.2) is 4.79 Å². The fourth-order valence-corrected chi connectivity index (χ4v) is 6.15. The Kier molecular flexibility index (Phi) is 4.65. The second-order valence-electron chi connectivity index (χ2n) is 8.64. The monoisotopic (exact) mass is 385 g/mol. The molecule has 2 amide bonds. The third-order valence-corrected chi connectivity index (χ3v) is 7.23. The molecule has 27 heavy (non-hydrogen) atoms. The van der Waals surface area contributed by atoms with Crippen LogP contribution in [0.2, 0.25) is 5.02 Å². The lowest BCUT2D eigenvalue weighted by Gasteiger charge is -2.54. The summed E-state index contributed by atoms with van der Waals surface area (Å²) in [4.78, 5) is 17.9. The van der Waals surface area contributed by atoms with Crippen molar-refractivity contribution >= 4 is 23.3 Å². The maximum atomic E-state index is 13.1. The van der Waals surface area contributed by atoms with Gasteiger partial charge in [0.15, 0.2) is 0 Å². The molecule has 3 aliphatic heterocycles. The first-order chi connectivity index (χ1) is 13.2. The molecule has 1 N–H and O–H groups in total. The summed E-state index contributed by atoms with van der Waals surface area (Å²) >= 11 is 6.08. The Bertz CT molecular complexity index is 764. The third kappa shape index (κ3) is 3.27. The van der Waals surface area contributed by atoms with Crippen molar-refractivity contribution in [2.45, 2.75) is 50.6 Å². The number of carbonyl (C=O) groups excluding carboxylic acids is 1. The van der Waals surface area contributed by atoms with Crippen LogP contribution < -0.4 is 5.32 Å². The number of piperidine rings is 3. The molecular weight excluding hydrogens is 358 g/mol. The van der Waals surface area contributed by atoms with E-state index in [1.165, 1.54) is 37.8 Å². The Morgan fingerprint density at radius 3 is 3.00 bits per heavy atom. The molecule has 0 saturated carbocycles. The Morgan fingerprint density at radius 1 is 1.19 bits per heavy atom. The van der Waals surface area contributed by atoms with Crippen LogP contribution in [-0.4, -0.2) is 47.5 Å². The van der Waals surface area contributed by atoms with Gasteiger partial charge in [-0.3, -0.25) is 4.90 Å². The van der Waals surface area contributed by atoms with E-state index in [0.717, 1.165) is 37.7 Å². The SMILES string of the molecule is O=C(Nc1cccc(Cl)c1)N1CCCC2=C[C@H]3C[C@H](CN4CCCC[C@H]34)[C@@H]21. The molecular formula is C22H28ClN3O. The minimum absolute atomic E-state index is 0.0204. The average molecular weight is 386 g/mol. The lowest BCUT2D eigenvalue weighted by molar-refractivity contribution is 0.00908. The van der Waals surface area contributed by atoms with Crippen LogP contribution in [0.4, 0.5) is 10.5 Å². The van der Waals surface area contributed by atoms with Crippen LogP contribution in [-0.2, 0) is 0 Å². The molecule has 4 aliphatic rings. The van der Waals surface area contributed by atoms with Crippen molar-refractivity contribution in [3.63, 3.8) is 0 Å². The van der Waals surface area contributed by atoms with Gasteiger partial charge < -0.3 is 10.2 Å². The molecule has 2 bridgehead atoms. The Labute approximate surface area is 166 Å². The van der Waals surface area contributed by atoms with E-state index in [4.69, 9.17) is 11.6 Å². The van der Waals surface area contributed by atoms with Crippen molar-refractivity contribution in [3.05, 3.63) is 40.9 Å². The Balaban J connectivity index is 1.39. The first-order valence-corrected chi connectivity index (χ1v) is 10.8. The maximum Gasteiger partial charge on any atom is 0.322 e. The molecule has 1 aromatic rings. The largest absolute Gasteiger partial charge is 0.322 e. The minimum Gasteiger partial charge on any atom is -0.317 e. The Hall–Kier alpha value is -1.52. The summed E-state index contributed by atoms with van der Waals surface area (Å²) in [5, 5.41) is 3.73. The van der Waals surface area contributed by atoms with Crippen LogP contribution in [0, 0.1) is 11.8 Å². The minimum atomic E-state index is 0.0204. The lowest BCUT2D eigenvalue weighted by Crippen LogP contribution is -2.60. The maximum absolute atomic E-state index is 13.1. The second kappa shape index (κ2) is 7.14. The molecule has 3 fully saturated rings. The average Bonchev–Trinajstić information content (AvgIpc) is 2.67. The van der Waals surface area contributed by atoms with Crippen LogP contribution in [0.5, 0.6) is 0 Å².